The topological polar surface area (TPSA) is 47.9 Å². The van der Waals surface area contributed by atoms with Crippen molar-refractivity contribution in [1.82, 2.24) is 0 Å². The lowest BCUT2D eigenvalue weighted by Crippen LogP contribution is -2.11. The molecule has 1 aliphatic rings. The molecule has 0 heterocycles. The predicted molar refractivity (Wildman–Crippen MR) is 82.2 cm³/mol. The zero-order valence-electron chi connectivity index (χ0n) is 13.4. The average Bonchev–Trinajstić information content (AvgIpc) is 3.15. The summed E-state index contributed by atoms with van der Waals surface area (Å²) in [6.07, 6.45) is 1.77. The van der Waals surface area contributed by atoms with Crippen molar-refractivity contribution in [3.8, 4) is 17.2 Å². The molecule has 0 aromatic heterocycles. The first-order chi connectivity index (χ1) is 10.1. The summed E-state index contributed by atoms with van der Waals surface area (Å²) in [5.41, 5.74) is 0.127. The van der Waals surface area contributed by atoms with Crippen molar-refractivity contribution in [2.75, 3.05) is 19.8 Å². The van der Waals surface area contributed by atoms with Crippen molar-refractivity contribution in [2.24, 2.45) is 5.92 Å². The van der Waals surface area contributed by atoms with Crippen molar-refractivity contribution in [2.45, 2.75) is 46.1 Å². The third kappa shape index (κ3) is 3.10. The van der Waals surface area contributed by atoms with E-state index in [0.717, 1.165) is 18.4 Å². The van der Waals surface area contributed by atoms with Crippen LogP contribution in [-0.2, 0) is 5.60 Å². The van der Waals surface area contributed by atoms with Gasteiger partial charge in [0.2, 0.25) is 5.75 Å². The van der Waals surface area contributed by atoms with Gasteiger partial charge >= 0.3 is 0 Å². The highest BCUT2D eigenvalue weighted by Gasteiger charge is 2.53. The molecule has 118 valence electrons. The first-order valence-corrected chi connectivity index (χ1v) is 7.89. The highest BCUT2D eigenvalue weighted by Crippen LogP contribution is 2.56. The third-order valence-electron chi connectivity index (χ3n) is 3.97. The normalized spacial score (nSPS) is 23.8. The van der Waals surface area contributed by atoms with E-state index in [1.807, 2.05) is 32.9 Å². The van der Waals surface area contributed by atoms with Gasteiger partial charge < -0.3 is 19.3 Å². The highest BCUT2D eigenvalue weighted by atomic mass is 16.5. The lowest BCUT2D eigenvalue weighted by atomic mass is 10.0. The van der Waals surface area contributed by atoms with Gasteiger partial charge in [-0.15, -0.1) is 0 Å². The first-order valence-electron chi connectivity index (χ1n) is 7.89. The molecule has 2 atom stereocenters. The Morgan fingerprint density at radius 3 is 1.90 bits per heavy atom. The predicted octanol–water partition coefficient (Wildman–Crippen LogP) is 3.50. The van der Waals surface area contributed by atoms with Gasteiger partial charge in [-0.1, -0.05) is 13.3 Å². The maximum absolute atomic E-state index is 10.7. The Bertz CT molecular complexity index is 459. The minimum absolute atomic E-state index is 0.319. The number of hydrogen-bond donors (Lipinski definition) is 1. The van der Waals surface area contributed by atoms with Crippen LogP contribution in [0.25, 0.3) is 0 Å². The molecule has 0 aliphatic heterocycles. The van der Waals surface area contributed by atoms with Crippen LogP contribution in [0.3, 0.4) is 0 Å². The van der Waals surface area contributed by atoms with Gasteiger partial charge in [0.1, 0.15) is 0 Å². The second-order valence-electron chi connectivity index (χ2n) is 5.33. The second-order valence-corrected chi connectivity index (χ2v) is 5.33. The van der Waals surface area contributed by atoms with Crippen LogP contribution in [0.15, 0.2) is 12.1 Å². The van der Waals surface area contributed by atoms with E-state index in [-0.39, 0.29) is 0 Å². The fourth-order valence-electron chi connectivity index (χ4n) is 2.79. The molecule has 0 spiro atoms. The molecule has 0 bridgehead atoms. The smallest absolute Gasteiger partial charge is 0.203 e. The van der Waals surface area contributed by atoms with Gasteiger partial charge in [0.25, 0.3) is 0 Å². The summed E-state index contributed by atoms with van der Waals surface area (Å²) < 4.78 is 17.1. The maximum Gasteiger partial charge on any atom is 0.203 e. The molecule has 1 aliphatic carbocycles. The van der Waals surface area contributed by atoms with Gasteiger partial charge in [-0.3, -0.25) is 0 Å². The zero-order valence-corrected chi connectivity index (χ0v) is 13.4. The second kappa shape index (κ2) is 6.56. The molecular weight excluding hydrogens is 268 g/mol. The van der Waals surface area contributed by atoms with Crippen molar-refractivity contribution < 1.29 is 19.3 Å². The van der Waals surface area contributed by atoms with Crippen molar-refractivity contribution in [3.05, 3.63) is 17.7 Å². The Labute approximate surface area is 127 Å². The third-order valence-corrected chi connectivity index (χ3v) is 3.97. The van der Waals surface area contributed by atoms with Crippen LogP contribution >= 0.6 is 0 Å². The molecule has 1 fully saturated rings. The summed E-state index contributed by atoms with van der Waals surface area (Å²) in [4.78, 5) is 0. The molecule has 1 aromatic rings. The number of hydrogen-bond acceptors (Lipinski definition) is 4. The Kier molecular flexibility index (Phi) is 4.99. The molecule has 21 heavy (non-hydrogen) atoms. The zero-order chi connectivity index (χ0) is 15.5. The molecule has 1 N–H and O–H groups in total. The van der Waals surface area contributed by atoms with Crippen LogP contribution in [-0.4, -0.2) is 24.9 Å². The van der Waals surface area contributed by atoms with Gasteiger partial charge in [-0.25, -0.2) is 0 Å². The summed E-state index contributed by atoms with van der Waals surface area (Å²) in [5.74, 6) is 2.24. The van der Waals surface area contributed by atoms with Crippen LogP contribution in [0.4, 0.5) is 0 Å². The van der Waals surface area contributed by atoms with E-state index in [1.54, 1.807) is 0 Å². The Morgan fingerprint density at radius 1 is 1.00 bits per heavy atom. The lowest BCUT2D eigenvalue weighted by Gasteiger charge is -2.19. The number of rotatable bonds is 8. The van der Waals surface area contributed by atoms with Gasteiger partial charge in [-0.2, -0.15) is 0 Å². The SMILES string of the molecule is CCOc1cc(C2(O)CC2CC)cc(OCC)c1OCC. The van der Waals surface area contributed by atoms with Crippen molar-refractivity contribution in [3.63, 3.8) is 0 Å². The van der Waals surface area contributed by atoms with Crippen LogP contribution in [0.1, 0.15) is 46.1 Å². The minimum Gasteiger partial charge on any atom is -0.490 e. The van der Waals surface area contributed by atoms with Gasteiger partial charge in [0.05, 0.1) is 25.4 Å². The Hall–Kier alpha value is -1.42. The fraction of sp³-hybridized carbons (Fsp3) is 0.647. The summed E-state index contributed by atoms with van der Waals surface area (Å²) in [7, 11) is 0. The highest BCUT2D eigenvalue weighted by molar-refractivity contribution is 5.56. The number of aliphatic hydroxyl groups is 1. The average molecular weight is 294 g/mol. The van der Waals surface area contributed by atoms with Crippen LogP contribution in [0.2, 0.25) is 0 Å². The molecule has 4 nitrogen and oxygen atoms in total. The molecule has 0 saturated heterocycles. The van der Waals surface area contributed by atoms with E-state index in [4.69, 9.17) is 14.2 Å². The summed E-state index contributed by atoms with van der Waals surface area (Å²) in [5, 5.41) is 10.7. The monoisotopic (exact) mass is 294 g/mol. The molecule has 2 rings (SSSR count). The number of ether oxygens (including phenoxy) is 3. The summed E-state index contributed by atoms with van der Waals surface area (Å²) >= 11 is 0. The summed E-state index contributed by atoms with van der Waals surface area (Å²) in [6, 6.07) is 3.79. The molecule has 1 saturated carbocycles. The van der Waals surface area contributed by atoms with E-state index >= 15 is 0 Å². The fourth-order valence-corrected chi connectivity index (χ4v) is 2.79. The van der Waals surface area contributed by atoms with Gasteiger partial charge in [-0.05, 0) is 50.8 Å². The molecule has 0 amide bonds. The van der Waals surface area contributed by atoms with Crippen LogP contribution in [0.5, 0.6) is 17.2 Å². The van der Waals surface area contributed by atoms with Crippen molar-refractivity contribution in [1.29, 1.82) is 0 Å². The Morgan fingerprint density at radius 2 is 1.52 bits per heavy atom. The van der Waals surface area contributed by atoms with E-state index < -0.39 is 5.60 Å². The summed E-state index contributed by atoms with van der Waals surface area (Å²) in [6.45, 7) is 9.54. The van der Waals surface area contributed by atoms with Crippen LogP contribution < -0.4 is 14.2 Å². The minimum atomic E-state index is -0.739. The molecule has 0 radical (unpaired) electrons. The standard InChI is InChI=1S/C17H26O4/c1-5-12-11-17(12,18)13-9-14(19-6-2)16(21-8-4)15(10-13)20-7-3/h9-10,12,18H,5-8,11H2,1-4H3. The van der Waals surface area contributed by atoms with E-state index in [1.165, 1.54) is 0 Å². The Balaban J connectivity index is 2.43. The first kappa shape index (κ1) is 16.0. The largest absolute Gasteiger partial charge is 0.490 e. The molecular formula is C17H26O4. The van der Waals surface area contributed by atoms with Crippen molar-refractivity contribution >= 4 is 0 Å². The number of benzene rings is 1. The van der Waals surface area contributed by atoms with E-state index in [9.17, 15) is 5.11 Å². The van der Waals surface area contributed by atoms with Gasteiger partial charge in [0, 0.05) is 0 Å². The van der Waals surface area contributed by atoms with E-state index in [2.05, 4.69) is 6.92 Å². The molecule has 1 aromatic carbocycles. The molecule has 2 unspecified atom stereocenters. The quantitative estimate of drug-likeness (QED) is 0.797. The van der Waals surface area contributed by atoms with Gasteiger partial charge in [0.15, 0.2) is 11.5 Å². The van der Waals surface area contributed by atoms with Crippen LogP contribution in [0, 0.1) is 5.92 Å². The lowest BCUT2D eigenvalue weighted by molar-refractivity contribution is 0.129. The van der Waals surface area contributed by atoms with E-state index in [0.29, 0.717) is 43.0 Å². The maximum atomic E-state index is 10.7. The molecule has 4 heteroatoms.